The van der Waals surface area contributed by atoms with E-state index in [4.69, 9.17) is 0 Å². The van der Waals surface area contributed by atoms with E-state index in [0.29, 0.717) is 0 Å². The van der Waals surface area contributed by atoms with Crippen LogP contribution in [0.4, 0.5) is 0 Å². The van der Waals surface area contributed by atoms with Crippen molar-refractivity contribution in [3.05, 3.63) is 33.8 Å². The van der Waals surface area contributed by atoms with Crippen molar-refractivity contribution in [1.29, 1.82) is 5.26 Å². The Labute approximate surface area is 117 Å². The minimum atomic E-state index is -0.494. The third kappa shape index (κ3) is 2.59. The molecule has 1 aliphatic rings. The maximum Gasteiger partial charge on any atom is 0.132 e. The van der Waals surface area contributed by atoms with Crippen LogP contribution in [0.1, 0.15) is 17.5 Å². The molecular weight excluding hydrogens is 290 g/mol. The number of benzene rings is 1. The van der Waals surface area contributed by atoms with Crippen molar-refractivity contribution in [2.45, 2.75) is 18.4 Å². The lowest BCUT2D eigenvalue weighted by molar-refractivity contribution is 0.354. The second-order valence-corrected chi connectivity index (χ2v) is 5.96. The molecule has 0 fully saturated rings. The van der Waals surface area contributed by atoms with Crippen LogP contribution in [-0.4, -0.2) is 32.1 Å². The van der Waals surface area contributed by atoms with Crippen molar-refractivity contribution in [2.75, 3.05) is 27.2 Å². The van der Waals surface area contributed by atoms with E-state index in [1.807, 2.05) is 20.2 Å². The zero-order valence-electron chi connectivity index (χ0n) is 10.8. The molecule has 0 aromatic heterocycles. The average Bonchev–Trinajstić information content (AvgIpc) is 2.68. The van der Waals surface area contributed by atoms with E-state index in [-0.39, 0.29) is 0 Å². The molecule has 96 valence electrons. The van der Waals surface area contributed by atoms with Crippen LogP contribution in [0.2, 0.25) is 0 Å². The molecule has 18 heavy (non-hydrogen) atoms. The normalized spacial score (nSPS) is 21.9. The number of hydrogen-bond donors (Lipinski definition) is 1. The quantitative estimate of drug-likeness (QED) is 0.927. The van der Waals surface area contributed by atoms with Gasteiger partial charge in [-0.15, -0.1) is 0 Å². The zero-order valence-corrected chi connectivity index (χ0v) is 12.4. The summed E-state index contributed by atoms with van der Waals surface area (Å²) >= 11 is 3.49. The lowest BCUT2D eigenvalue weighted by Gasteiger charge is -2.25. The fourth-order valence-corrected chi connectivity index (χ4v) is 2.88. The van der Waals surface area contributed by atoms with E-state index in [2.05, 4.69) is 44.3 Å². The summed E-state index contributed by atoms with van der Waals surface area (Å²) in [6.07, 6.45) is 1.83. The van der Waals surface area contributed by atoms with Crippen LogP contribution < -0.4 is 5.32 Å². The molecule has 0 saturated carbocycles. The maximum atomic E-state index is 9.56. The lowest BCUT2D eigenvalue weighted by atomic mass is 9.93. The Kier molecular flexibility index (Phi) is 4.06. The summed E-state index contributed by atoms with van der Waals surface area (Å²) in [6, 6.07) is 8.69. The van der Waals surface area contributed by atoms with Gasteiger partial charge in [0, 0.05) is 17.6 Å². The molecule has 0 bridgehead atoms. The summed E-state index contributed by atoms with van der Waals surface area (Å²) in [5.41, 5.74) is 1.93. The molecule has 0 amide bonds. The molecule has 4 heteroatoms. The van der Waals surface area contributed by atoms with Crippen molar-refractivity contribution in [3.8, 4) is 6.07 Å². The highest BCUT2D eigenvalue weighted by Crippen LogP contribution is 2.37. The number of fused-ring (bicyclic) bond motifs is 1. The molecule has 2 rings (SSSR count). The topological polar surface area (TPSA) is 39.1 Å². The molecule has 0 saturated heterocycles. The number of nitrogens with zero attached hydrogens (tertiary/aromatic N) is 2. The van der Waals surface area contributed by atoms with Gasteiger partial charge in [0.05, 0.1) is 6.07 Å². The maximum absolute atomic E-state index is 9.56. The standard InChI is InChI=1S/C14H18BrN3/c1-18(2)8-7-17-14(10-16)6-5-11-9-12(15)3-4-13(11)14/h3-4,9,17H,5-8H2,1-2H3. The highest BCUT2D eigenvalue weighted by molar-refractivity contribution is 9.10. The number of nitrogens with one attached hydrogen (secondary N) is 1. The van der Waals surface area contributed by atoms with Gasteiger partial charge in [0.2, 0.25) is 0 Å². The molecular formula is C14H18BrN3. The number of rotatable bonds is 4. The van der Waals surface area contributed by atoms with Gasteiger partial charge in [-0.05, 0) is 50.2 Å². The van der Waals surface area contributed by atoms with Crippen molar-refractivity contribution in [3.63, 3.8) is 0 Å². The molecule has 1 aliphatic carbocycles. The number of halogens is 1. The van der Waals surface area contributed by atoms with Gasteiger partial charge < -0.3 is 4.90 Å². The Morgan fingerprint density at radius 2 is 2.28 bits per heavy atom. The van der Waals surface area contributed by atoms with Crippen LogP contribution in [0, 0.1) is 11.3 Å². The van der Waals surface area contributed by atoms with E-state index >= 15 is 0 Å². The minimum absolute atomic E-state index is 0.494. The van der Waals surface area contributed by atoms with Crippen molar-refractivity contribution >= 4 is 15.9 Å². The lowest BCUT2D eigenvalue weighted by Crippen LogP contribution is -2.42. The molecule has 1 unspecified atom stereocenters. The van der Waals surface area contributed by atoms with Gasteiger partial charge in [-0.3, -0.25) is 5.32 Å². The first-order valence-electron chi connectivity index (χ1n) is 6.17. The number of nitriles is 1. The van der Waals surface area contributed by atoms with Crippen molar-refractivity contribution < 1.29 is 0 Å². The van der Waals surface area contributed by atoms with E-state index in [1.165, 1.54) is 5.56 Å². The fraction of sp³-hybridized carbons (Fsp3) is 0.500. The summed E-state index contributed by atoms with van der Waals surface area (Å²) in [6.45, 7) is 1.77. The zero-order chi connectivity index (χ0) is 13.2. The van der Waals surface area contributed by atoms with Gasteiger partial charge >= 0.3 is 0 Å². The van der Waals surface area contributed by atoms with Gasteiger partial charge in [0.25, 0.3) is 0 Å². The second kappa shape index (κ2) is 5.40. The first-order valence-corrected chi connectivity index (χ1v) is 6.96. The van der Waals surface area contributed by atoms with Gasteiger partial charge in [0.15, 0.2) is 0 Å². The Balaban J connectivity index is 2.19. The molecule has 3 nitrogen and oxygen atoms in total. The Morgan fingerprint density at radius 3 is 2.94 bits per heavy atom. The highest BCUT2D eigenvalue weighted by atomic mass is 79.9. The highest BCUT2D eigenvalue weighted by Gasteiger charge is 2.38. The number of hydrogen-bond acceptors (Lipinski definition) is 3. The molecule has 0 heterocycles. The molecule has 1 atom stereocenters. The monoisotopic (exact) mass is 307 g/mol. The molecule has 0 aliphatic heterocycles. The predicted molar refractivity (Wildman–Crippen MR) is 76.3 cm³/mol. The molecule has 1 aromatic carbocycles. The van der Waals surface area contributed by atoms with Crippen LogP contribution in [0.5, 0.6) is 0 Å². The third-order valence-corrected chi connectivity index (χ3v) is 3.97. The van der Waals surface area contributed by atoms with Crippen LogP contribution in [0.3, 0.4) is 0 Å². The molecule has 0 radical (unpaired) electrons. The van der Waals surface area contributed by atoms with Gasteiger partial charge in [-0.25, -0.2) is 0 Å². The van der Waals surface area contributed by atoms with E-state index in [1.54, 1.807) is 0 Å². The van der Waals surface area contributed by atoms with Gasteiger partial charge in [-0.2, -0.15) is 5.26 Å². The predicted octanol–water partition coefficient (Wildman–Crippen LogP) is 2.27. The van der Waals surface area contributed by atoms with Crippen LogP contribution in [-0.2, 0) is 12.0 Å². The van der Waals surface area contributed by atoms with E-state index in [0.717, 1.165) is 36.0 Å². The average molecular weight is 308 g/mol. The molecule has 1 aromatic rings. The largest absolute Gasteiger partial charge is 0.308 e. The SMILES string of the molecule is CN(C)CCNC1(C#N)CCc2cc(Br)ccc21. The van der Waals surface area contributed by atoms with Gasteiger partial charge in [0.1, 0.15) is 5.54 Å². The Morgan fingerprint density at radius 1 is 1.50 bits per heavy atom. The fourth-order valence-electron chi connectivity index (χ4n) is 2.47. The Bertz CT molecular complexity index is 478. The summed E-state index contributed by atoms with van der Waals surface area (Å²) < 4.78 is 1.09. The third-order valence-electron chi connectivity index (χ3n) is 3.47. The minimum Gasteiger partial charge on any atom is -0.308 e. The van der Waals surface area contributed by atoms with Gasteiger partial charge in [-0.1, -0.05) is 22.0 Å². The number of likely N-dealkylation sites (N-methyl/N-ethyl adjacent to an activating group) is 1. The Hall–Kier alpha value is -0.890. The first kappa shape index (κ1) is 13.5. The molecule has 0 spiro atoms. The van der Waals surface area contributed by atoms with Crippen molar-refractivity contribution in [1.82, 2.24) is 10.2 Å². The van der Waals surface area contributed by atoms with E-state index < -0.39 is 5.54 Å². The van der Waals surface area contributed by atoms with Crippen LogP contribution in [0.15, 0.2) is 22.7 Å². The smallest absolute Gasteiger partial charge is 0.132 e. The van der Waals surface area contributed by atoms with Crippen LogP contribution in [0.25, 0.3) is 0 Å². The summed E-state index contributed by atoms with van der Waals surface area (Å²) in [5.74, 6) is 0. The summed E-state index contributed by atoms with van der Waals surface area (Å²) in [4.78, 5) is 2.12. The molecule has 1 N–H and O–H groups in total. The van der Waals surface area contributed by atoms with Crippen LogP contribution >= 0.6 is 15.9 Å². The van der Waals surface area contributed by atoms with E-state index in [9.17, 15) is 5.26 Å². The second-order valence-electron chi connectivity index (χ2n) is 5.05. The van der Waals surface area contributed by atoms with Crippen molar-refractivity contribution in [2.24, 2.45) is 0 Å². The summed E-state index contributed by atoms with van der Waals surface area (Å²) in [7, 11) is 4.08. The number of aryl methyl sites for hydroxylation is 1. The first-order chi connectivity index (χ1) is 8.57. The summed E-state index contributed by atoms with van der Waals surface area (Å²) in [5, 5.41) is 13.0.